The molecule has 2 aromatic carbocycles. The van der Waals surface area contributed by atoms with Gasteiger partial charge in [-0.2, -0.15) is 0 Å². The second-order valence-electron chi connectivity index (χ2n) is 9.06. The average molecular weight is 470 g/mol. The maximum absolute atomic E-state index is 13.3. The van der Waals surface area contributed by atoms with Crippen molar-refractivity contribution in [2.45, 2.75) is 12.6 Å². The highest BCUT2D eigenvalue weighted by Gasteiger charge is 2.22. The maximum atomic E-state index is 13.3. The Bertz CT molecular complexity index is 1230. The first kappa shape index (κ1) is 23.1. The van der Waals surface area contributed by atoms with E-state index in [1.165, 1.54) is 0 Å². The zero-order valence-corrected chi connectivity index (χ0v) is 20.0. The third-order valence-corrected chi connectivity index (χ3v) is 6.44. The predicted octanol–water partition coefficient (Wildman–Crippen LogP) is 3.63. The van der Waals surface area contributed by atoms with Gasteiger partial charge in [0.1, 0.15) is 18.0 Å². The summed E-state index contributed by atoms with van der Waals surface area (Å²) in [7, 11) is 2.15. The summed E-state index contributed by atoms with van der Waals surface area (Å²) in [6.07, 6.45) is 3.91. The van der Waals surface area contributed by atoms with Crippen molar-refractivity contribution in [2.24, 2.45) is 0 Å². The first-order valence-corrected chi connectivity index (χ1v) is 12.1. The number of rotatable bonds is 8. The number of amides is 1. The molecule has 35 heavy (non-hydrogen) atoms. The van der Waals surface area contributed by atoms with Crippen LogP contribution < -0.4 is 10.1 Å². The lowest BCUT2D eigenvalue weighted by Gasteiger charge is -2.35. The van der Waals surface area contributed by atoms with Gasteiger partial charge in [-0.1, -0.05) is 42.5 Å². The summed E-state index contributed by atoms with van der Waals surface area (Å²) in [5.41, 5.74) is 3.41. The number of ether oxygens (including phenoxy) is 1. The van der Waals surface area contributed by atoms with Crippen LogP contribution in [0.4, 0.5) is 0 Å². The van der Waals surface area contributed by atoms with Gasteiger partial charge in [-0.3, -0.25) is 9.69 Å². The molecule has 7 heteroatoms. The largest absolute Gasteiger partial charge is 0.487 e. The van der Waals surface area contributed by atoms with Gasteiger partial charge in [0, 0.05) is 50.7 Å². The van der Waals surface area contributed by atoms with Crippen molar-refractivity contribution < 1.29 is 9.53 Å². The molecule has 2 aromatic heterocycles. The number of aromatic nitrogens is 2. The summed E-state index contributed by atoms with van der Waals surface area (Å²) >= 11 is 0. The summed E-state index contributed by atoms with van der Waals surface area (Å²) in [6, 6.07) is 23.3. The van der Waals surface area contributed by atoms with Crippen LogP contribution in [0.15, 0.2) is 85.2 Å². The molecule has 1 saturated heterocycles. The molecular formula is C28H31N5O2. The second-order valence-corrected chi connectivity index (χ2v) is 9.06. The molecule has 1 aliphatic rings. The smallest absolute Gasteiger partial charge is 0.251 e. The predicted molar refractivity (Wildman–Crippen MR) is 137 cm³/mol. The van der Waals surface area contributed by atoms with Crippen LogP contribution in [0.3, 0.4) is 0 Å². The summed E-state index contributed by atoms with van der Waals surface area (Å²) < 4.78 is 7.93. The maximum Gasteiger partial charge on any atom is 0.251 e. The second kappa shape index (κ2) is 10.7. The monoisotopic (exact) mass is 469 g/mol. The first-order chi connectivity index (χ1) is 17.1. The average Bonchev–Trinajstić information content (AvgIpc) is 3.32. The number of hydrogen-bond acceptors (Lipinski definition) is 5. The van der Waals surface area contributed by atoms with Crippen molar-refractivity contribution in [3.05, 3.63) is 102 Å². The Kier molecular flexibility index (Phi) is 7.07. The minimum Gasteiger partial charge on any atom is -0.487 e. The van der Waals surface area contributed by atoms with Crippen LogP contribution in [-0.4, -0.2) is 64.9 Å². The molecule has 7 nitrogen and oxygen atoms in total. The zero-order valence-electron chi connectivity index (χ0n) is 20.0. The Hall–Kier alpha value is -3.68. The van der Waals surface area contributed by atoms with Crippen LogP contribution in [0.25, 0.3) is 5.65 Å². The number of carbonyl (C=O) groups is 1. The molecule has 0 spiro atoms. The van der Waals surface area contributed by atoms with Crippen LogP contribution in [-0.2, 0) is 6.61 Å². The Labute approximate surface area is 206 Å². The van der Waals surface area contributed by atoms with E-state index in [1.54, 1.807) is 6.07 Å². The van der Waals surface area contributed by atoms with Crippen LogP contribution in [0.1, 0.15) is 27.7 Å². The lowest BCUT2D eigenvalue weighted by molar-refractivity contribution is 0.0906. The molecule has 0 aliphatic carbocycles. The van der Waals surface area contributed by atoms with Gasteiger partial charge in [-0.15, -0.1) is 0 Å². The van der Waals surface area contributed by atoms with Crippen molar-refractivity contribution in [1.82, 2.24) is 24.5 Å². The number of nitrogens with zero attached hydrogens (tertiary/aromatic N) is 4. The fourth-order valence-corrected chi connectivity index (χ4v) is 4.39. The fourth-order valence-electron chi connectivity index (χ4n) is 4.39. The van der Waals surface area contributed by atoms with Crippen LogP contribution in [0.2, 0.25) is 0 Å². The van der Waals surface area contributed by atoms with Gasteiger partial charge in [0.05, 0.1) is 11.7 Å². The number of fused-ring (bicyclic) bond motifs is 1. The van der Waals surface area contributed by atoms with Crippen LogP contribution in [0.5, 0.6) is 5.75 Å². The topological polar surface area (TPSA) is 62.1 Å². The molecule has 3 heterocycles. The third kappa shape index (κ3) is 5.88. The van der Waals surface area contributed by atoms with E-state index < -0.39 is 0 Å². The highest BCUT2D eigenvalue weighted by molar-refractivity contribution is 5.94. The molecule has 0 radical (unpaired) electrons. The van der Waals surface area contributed by atoms with E-state index in [9.17, 15) is 4.79 Å². The fraction of sp³-hybridized carbons (Fsp3) is 0.286. The lowest BCUT2D eigenvalue weighted by Crippen LogP contribution is -2.47. The van der Waals surface area contributed by atoms with Crippen LogP contribution in [0, 0.1) is 0 Å². The van der Waals surface area contributed by atoms with Crippen molar-refractivity contribution >= 4 is 11.6 Å². The Balaban J connectivity index is 1.25. The number of piperazine rings is 1. The number of likely N-dealkylation sites (N-methyl/N-ethyl adjacent to an activating group) is 1. The van der Waals surface area contributed by atoms with E-state index in [4.69, 9.17) is 4.74 Å². The van der Waals surface area contributed by atoms with Gasteiger partial charge in [0.25, 0.3) is 5.91 Å². The lowest BCUT2D eigenvalue weighted by atomic mass is 10.0. The molecule has 5 rings (SSSR count). The van der Waals surface area contributed by atoms with Gasteiger partial charge < -0.3 is 19.4 Å². The molecule has 1 N–H and O–H groups in total. The SMILES string of the molecule is CN1CCN(CC(NC(=O)c2cccc(OCc3cn4ccccc4n3)c2)c2ccccc2)CC1. The molecule has 1 atom stereocenters. The van der Waals surface area contributed by atoms with E-state index in [0.29, 0.717) is 17.9 Å². The number of pyridine rings is 1. The summed E-state index contributed by atoms with van der Waals surface area (Å²) in [6.45, 7) is 5.21. The number of imidazole rings is 1. The van der Waals surface area contributed by atoms with Crippen molar-refractivity contribution in [3.8, 4) is 5.75 Å². The van der Waals surface area contributed by atoms with E-state index in [0.717, 1.165) is 49.6 Å². The van der Waals surface area contributed by atoms with Gasteiger partial charge >= 0.3 is 0 Å². The molecular weight excluding hydrogens is 438 g/mol. The molecule has 1 unspecified atom stereocenters. The number of benzene rings is 2. The molecule has 1 aliphatic heterocycles. The van der Waals surface area contributed by atoms with Crippen molar-refractivity contribution in [3.63, 3.8) is 0 Å². The van der Waals surface area contributed by atoms with E-state index in [1.807, 2.05) is 71.4 Å². The van der Waals surface area contributed by atoms with E-state index >= 15 is 0 Å². The van der Waals surface area contributed by atoms with Gasteiger partial charge in [-0.25, -0.2) is 4.98 Å². The minimum absolute atomic E-state index is 0.0883. The Morgan fingerprint density at radius 1 is 1.00 bits per heavy atom. The molecule has 1 amide bonds. The van der Waals surface area contributed by atoms with Crippen LogP contribution >= 0.6 is 0 Å². The van der Waals surface area contributed by atoms with Gasteiger partial charge in [0.15, 0.2) is 0 Å². The highest BCUT2D eigenvalue weighted by atomic mass is 16.5. The number of carbonyl (C=O) groups excluding carboxylic acids is 1. The zero-order chi connectivity index (χ0) is 24.0. The number of nitrogens with one attached hydrogen (secondary N) is 1. The third-order valence-electron chi connectivity index (χ3n) is 6.44. The standard InChI is InChI=1S/C28H31N5O2/c1-31-14-16-32(17-15-31)20-26(22-8-3-2-4-9-22)30-28(34)23-10-7-11-25(18-23)35-21-24-19-33-13-6-5-12-27(33)29-24/h2-13,18-19,26H,14-17,20-21H2,1H3,(H,30,34). The Morgan fingerprint density at radius 3 is 2.60 bits per heavy atom. The summed E-state index contributed by atoms with van der Waals surface area (Å²) in [5, 5.41) is 3.26. The quantitative estimate of drug-likeness (QED) is 0.427. The number of hydrogen-bond donors (Lipinski definition) is 1. The highest BCUT2D eigenvalue weighted by Crippen LogP contribution is 2.19. The van der Waals surface area contributed by atoms with E-state index in [2.05, 4.69) is 39.3 Å². The molecule has 1 fully saturated rings. The van der Waals surface area contributed by atoms with Gasteiger partial charge in [-0.05, 0) is 42.9 Å². The van der Waals surface area contributed by atoms with Crippen molar-refractivity contribution in [2.75, 3.05) is 39.8 Å². The molecule has 0 bridgehead atoms. The Morgan fingerprint density at radius 2 is 1.80 bits per heavy atom. The summed E-state index contributed by atoms with van der Waals surface area (Å²) in [4.78, 5) is 22.6. The molecule has 4 aromatic rings. The van der Waals surface area contributed by atoms with Crippen molar-refractivity contribution in [1.29, 1.82) is 0 Å². The molecule has 0 saturated carbocycles. The minimum atomic E-state index is -0.105. The summed E-state index contributed by atoms with van der Waals surface area (Å²) in [5.74, 6) is 0.538. The van der Waals surface area contributed by atoms with Gasteiger partial charge in [0.2, 0.25) is 0 Å². The van der Waals surface area contributed by atoms with E-state index in [-0.39, 0.29) is 11.9 Å². The normalized spacial score (nSPS) is 15.7. The first-order valence-electron chi connectivity index (χ1n) is 12.1. The molecule has 180 valence electrons.